The van der Waals surface area contributed by atoms with Crippen molar-refractivity contribution < 1.29 is 30.4 Å². The van der Waals surface area contributed by atoms with Crippen molar-refractivity contribution in [2.45, 2.75) is 6.92 Å². The van der Waals surface area contributed by atoms with Crippen LogP contribution in [-0.2, 0) is 21.1 Å². The largest absolute Gasteiger partial charge is 0.503 e. The SMILES string of the molecule is Cc1nnc(-c2[c-]c(Oc3[c-]c(-n4[c-][n+](-c5c(-n6c7ccccc7c7ccccc76)cccc5-n5c6ccccc6c6ccccc65)c5ccccc54)ccc3)ccc2)cc1-c1ccc(-c2ccccc2)cc1.[Pt]. The normalized spacial score (nSPS) is 11.5. The Bertz CT molecular complexity index is 4200. The number of para-hydroxylation sites is 7. The smallest absolute Gasteiger partial charge is 0.268 e. The average Bonchev–Trinajstić information content (AvgIpc) is 4.12. The molecule has 0 fully saturated rings. The number of benzene rings is 10. The second-order valence-electron chi connectivity index (χ2n) is 18.2. The minimum atomic E-state index is 0. The summed E-state index contributed by atoms with van der Waals surface area (Å²) in [4.78, 5) is 0. The molecule has 14 rings (SSSR count). The molecule has 0 saturated heterocycles. The van der Waals surface area contributed by atoms with E-state index < -0.39 is 0 Å². The Balaban J connectivity index is 0.00000528. The predicted octanol–water partition coefficient (Wildman–Crippen LogP) is 15.4. The zero-order valence-electron chi connectivity index (χ0n) is 39.9. The first kappa shape index (κ1) is 44.8. The molecule has 0 radical (unpaired) electrons. The molecule has 4 aromatic heterocycles. The van der Waals surface area contributed by atoms with Gasteiger partial charge in [-0.3, -0.25) is 4.57 Å². The number of nitrogens with zero attached hydrogens (tertiary/aromatic N) is 6. The van der Waals surface area contributed by atoms with Crippen molar-refractivity contribution in [3.8, 4) is 67.8 Å². The van der Waals surface area contributed by atoms with E-state index in [0.29, 0.717) is 17.2 Å². The molecule has 14 aromatic rings. The Kier molecular flexibility index (Phi) is 11.2. The first-order valence-corrected chi connectivity index (χ1v) is 24.4. The number of ether oxygens (including phenoxy) is 1. The summed E-state index contributed by atoms with van der Waals surface area (Å²) < 4.78 is 15.7. The summed E-state index contributed by atoms with van der Waals surface area (Å²) in [6, 6.07) is 89.8. The van der Waals surface area contributed by atoms with Gasteiger partial charge in [-0.05, 0) is 71.3 Å². The van der Waals surface area contributed by atoms with Gasteiger partial charge in [0.1, 0.15) is 5.69 Å². The van der Waals surface area contributed by atoms with Crippen molar-refractivity contribution in [3.05, 3.63) is 261 Å². The van der Waals surface area contributed by atoms with Crippen LogP contribution in [0.25, 0.3) is 111 Å². The quantitative estimate of drug-likeness (QED) is 0.107. The number of rotatable bonds is 9. The van der Waals surface area contributed by atoms with Gasteiger partial charge >= 0.3 is 0 Å². The van der Waals surface area contributed by atoms with Gasteiger partial charge in [-0.1, -0.05) is 170 Å². The van der Waals surface area contributed by atoms with Crippen molar-refractivity contribution in [1.29, 1.82) is 0 Å². The molecule has 0 bridgehead atoms. The molecule has 74 heavy (non-hydrogen) atoms. The van der Waals surface area contributed by atoms with Gasteiger partial charge in [-0.2, -0.15) is 17.2 Å². The van der Waals surface area contributed by atoms with Gasteiger partial charge in [0.25, 0.3) is 6.33 Å². The standard InChI is InChI=1S/C66H42N6O.Pt/c1-44-56(47-38-36-46(37-39-47)45-18-3-2-4-19-45)42-57(68-67-44)48-20-15-22-50(40-48)73-51-23-16-21-49(41-51)69-43-70(63-33-14-13-32-62(63)69)66-64(71-58-28-9-5-24-52(58)53-25-6-10-29-59(53)71)34-17-35-65(66)72-60-30-11-7-26-54(60)55-27-8-12-31-61(55)72;/h2-39,42H,1H3;/q-2;. The second-order valence-corrected chi connectivity index (χ2v) is 18.2. The van der Waals surface area contributed by atoms with Crippen molar-refractivity contribution in [2.24, 2.45) is 0 Å². The van der Waals surface area contributed by atoms with Gasteiger partial charge in [-0.25, -0.2) is 5.10 Å². The summed E-state index contributed by atoms with van der Waals surface area (Å²) in [5.41, 5.74) is 16.9. The topological polar surface area (TPSA) is 53.7 Å². The molecule has 0 atom stereocenters. The molecule has 0 aliphatic carbocycles. The van der Waals surface area contributed by atoms with Gasteiger partial charge in [0.2, 0.25) is 0 Å². The summed E-state index contributed by atoms with van der Waals surface area (Å²) in [7, 11) is 0. The van der Waals surface area contributed by atoms with Crippen LogP contribution >= 0.6 is 0 Å². The number of hydrogen-bond donors (Lipinski definition) is 0. The molecular formula is C66H42N6OPt-2. The Labute approximate surface area is 441 Å². The molecule has 0 saturated carbocycles. The third kappa shape index (κ3) is 7.51. The molecule has 0 N–H and O–H groups in total. The van der Waals surface area contributed by atoms with Crippen LogP contribution in [-0.4, -0.2) is 23.9 Å². The van der Waals surface area contributed by atoms with E-state index in [0.717, 1.165) is 83.8 Å². The zero-order valence-corrected chi connectivity index (χ0v) is 42.2. The number of aryl methyl sites for hydroxylation is 1. The fourth-order valence-corrected chi connectivity index (χ4v) is 10.6. The molecular weight excluding hydrogens is 1090 g/mol. The molecule has 0 amide bonds. The molecule has 10 aromatic carbocycles. The molecule has 0 spiro atoms. The Hall–Kier alpha value is -9.16. The van der Waals surface area contributed by atoms with E-state index >= 15 is 0 Å². The van der Waals surface area contributed by atoms with Gasteiger partial charge in [-0.15, -0.1) is 35.9 Å². The molecule has 4 heterocycles. The first-order chi connectivity index (χ1) is 36.1. The van der Waals surface area contributed by atoms with Crippen LogP contribution in [0.1, 0.15) is 5.69 Å². The van der Waals surface area contributed by atoms with Gasteiger partial charge in [0.15, 0.2) is 0 Å². The van der Waals surface area contributed by atoms with Crippen molar-refractivity contribution in [2.75, 3.05) is 0 Å². The summed E-state index contributed by atoms with van der Waals surface area (Å²) in [5, 5.41) is 14.0. The first-order valence-electron chi connectivity index (χ1n) is 24.4. The van der Waals surface area contributed by atoms with Crippen LogP contribution in [0.5, 0.6) is 11.5 Å². The van der Waals surface area contributed by atoms with E-state index in [9.17, 15) is 0 Å². The van der Waals surface area contributed by atoms with Crippen molar-refractivity contribution >= 4 is 54.6 Å². The van der Waals surface area contributed by atoms with E-state index in [-0.39, 0.29) is 21.1 Å². The van der Waals surface area contributed by atoms with Crippen molar-refractivity contribution in [3.63, 3.8) is 0 Å². The van der Waals surface area contributed by atoms with Crippen LogP contribution < -0.4 is 9.30 Å². The van der Waals surface area contributed by atoms with Gasteiger partial charge in [0.05, 0.1) is 50.2 Å². The van der Waals surface area contributed by atoms with Gasteiger partial charge < -0.3 is 18.4 Å². The fraction of sp³-hybridized carbons (Fsp3) is 0.0152. The van der Waals surface area contributed by atoms with Gasteiger partial charge in [0, 0.05) is 59.8 Å². The third-order valence-corrected chi connectivity index (χ3v) is 14.0. The van der Waals surface area contributed by atoms with Crippen molar-refractivity contribution in [1.82, 2.24) is 23.9 Å². The average molecular weight is 1130 g/mol. The van der Waals surface area contributed by atoms with Crippen LogP contribution in [0.15, 0.2) is 237 Å². The van der Waals surface area contributed by atoms with E-state index in [1.165, 1.54) is 27.1 Å². The molecule has 354 valence electrons. The van der Waals surface area contributed by atoms with Crippen LogP contribution in [0.3, 0.4) is 0 Å². The molecule has 8 heteroatoms. The molecule has 7 nitrogen and oxygen atoms in total. The summed E-state index contributed by atoms with van der Waals surface area (Å²) in [5.74, 6) is 1.07. The fourth-order valence-electron chi connectivity index (χ4n) is 10.6. The molecule has 0 unspecified atom stereocenters. The monoisotopic (exact) mass is 1130 g/mol. The number of aromatic nitrogens is 6. The van der Waals surface area contributed by atoms with Crippen LogP contribution in [0.2, 0.25) is 0 Å². The molecule has 0 aliphatic rings. The molecule has 0 aliphatic heterocycles. The van der Waals surface area contributed by atoms with E-state index in [2.05, 4.69) is 241 Å². The Morgan fingerprint density at radius 2 is 0.919 bits per heavy atom. The maximum atomic E-state index is 6.60. The Morgan fingerprint density at radius 1 is 0.432 bits per heavy atom. The third-order valence-electron chi connectivity index (χ3n) is 14.0. The second kappa shape index (κ2) is 18.5. The maximum Gasteiger partial charge on any atom is 0.268 e. The zero-order chi connectivity index (χ0) is 48.4. The minimum Gasteiger partial charge on any atom is -0.503 e. The summed E-state index contributed by atoms with van der Waals surface area (Å²) in [6.45, 7) is 1.99. The number of fused-ring (bicyclic) bond motifs is 7. The van der Waals surface area contributed by atoms with E-state index in [1.807, 2.05) is 49.4 Å². The summed E-state index contributed by atoms with van der Waals surface area (Å²) >= 11 is 0. The van der Waals surface area contributed by atoms with Crippen LogP contribution in [0.4, 0.5) is 0 Å². The number of hydrogen-bond acceptors (Lipinski definition) is 3. The Morgan fingerprint density at radius 3 is 1.53 bits per heavy atom. The number of imidazole rings is 1. The summed E-state index contributed by atoms with van der Waals surface area (Å²) in [6.07, 6.45) is 3.87. The predicted molar refractivity (Wildman–Crippen MR) is 293 cm³/mol. The maximum absolute atomic E-state index is 6.60. The van der Waals surface area contributed by atoms with E-state index in [1.54, 1.807) is 0 Å². The minimum absolute atomic E-state index is 0. The van der Waals surface area contributed by atoms with Crippen LogP contribution in [0, 0.1) is 25.4 Å². The van der Waals surface area contributed by atoms with E-state index in [4.69, 9.17) is 4.74 Å².